The van der Waals surface area contributed by atoms with Crippen molar-refractivity contribution in [3.63, 3.8) is 0 Å². The van der Waals surface area contributed by atoms with E-state index in [1.807, 2.05) is 6.08 Å². The Morgan fingerprint density at radius 3 is 1.30 bits per heavy atom. The second-order valence-electron chi connectivity index (χ2n) is 22.5. The third-order valence-electron chi connectivity index (χ3n) is 15.0. The van der Waals surface area contributed by atoms with E-state index in [4.69, 9.17) is 14.2 Å². The molecule has 1 fully saturated rings. The molecule has 11 nitrogen and oxygen atoms in total. The minimum atomic E-state index is -1.63. The van der Waals surface area contributed by atoms with Gasteiger partial charge in [0.1, 0.15) is 24.4 Å². The Morgan fingerprint density at radius 1 is 0.481 bits per heavy atom. The van der Waals surface area contributed by atoms with Gasteiger partial charge in [-0.3, -0.25) is 9.59 Å². The summed E-state index contributed by atoms with van der Waals surface area (Å²) in [6, 6.07) is -1.04. The molecule has 0 spiro atoms. The van der Waals surface area contributed by atoms with Crippen molar-refractivity contribution >= 4 is 11.9 Å². The largest absolute Gasteiger partial charge is 0.454 e. The van der Waals surface area contributed by atoms with Crippen LogP contribution in [0.25, 0.3) is 0 Å². The summed E-state index contributed by atoms with van der Waals surface area (Å²) in [5.74, 6) is -1.23. The van der Waals surface area contributed by atoms with E-state index in [0.29, 0.717) is 12.8 Å². The molecule has 0 aromatic carbocycles. The number of aliphatic hydroxyl groups is 5. The second kappa shape index (κ2) is 57.0. The number of hydrogen-bond acceptors (Lipinski definition) is 10. The maximum Gasteiger partial charge on any atom is 0.306 e. The van der Waals surface area contributed by atoms with Crippen molar-refractivity contribution < 1.29 is 49.3 Å². The van der Waals surface area contributed by atoms with Crippen LogP contribution in [-0.2, 0) is 23.8 Å². The first-order valence-corrected chi connectivity index (χ1v) is 33.0. The summed E-state index contributed by atoms with van der Waals surface area (Å²) in [7, 11) is 0. The molecule has 6 N–H and O–H groups in total. The number of nitrogens with one attached hydrogen (secondary N) is 1. The molecule has 81 heavy (non-hydrogen) atoms. The zero-order chi connectivity index (χ0) is 58.9. The quantitative estimate of drug-likeness (QED) is 0.0195. The topological polar surface area (TPSA) is 175 Å². The molecule has 1 saturated heterocycles. The molecule has 0 saturated carbocycles. The predicted octanol–water partition coefficient (Wildman–Crippen LogP) is 16.3. The number of rotatable bonds is 55. The molecular weight excluding hydrogens is 1010 g/mol. The summed E-state index contributed by atoms with van der Waals surface area (Å²) in [5, 5.41) is 57.0. The van der Waals surface area contributed by atoms with Gasteiger partial charge in [-0.15, -0.1) is 0 Å². The van der Waals surface area contributed by atoms with Gasteiger partial charge in [0.15, 0.2) is 12.4 Å². The number of hydrogen-bond donors (Lipinski definition) is 6. The van der Waals surface area contributed by atoms with E-state index in [1.54, 1.807) is 6.08 Å². The lowest BCUT2D eigenvalue weighted by Gasteiger charge is -2.41. The first kappa shape index (κ1) is 75.6. The fourth-order valence-electron chi connectivity index (χ4n) is 9.70. The minimum Gasteiger partial charge on any atom is -0.454 e. The molecule has 8 unspecified atom stereocenters. The van der Waals surface area contributed by atoms with E-state index < -0.39 is 67.4 Å². The summed E-state index contributed by atoms with van der Waals surface area (Å²) < 4.78 is 17.6. The van der Waals surface area contributed by atoms with Gasteiger partial charge >= 0.3 is 5.97 Å². The zero-order valence-electron chi connectivity index (χ0n) is 51.6. The van der Waals surface area contributed by atoms with Crippen LogP contribution in [0.4, 0.5) is 0 Å². The van der Waals surface area contributed by atoms with Crippen LogP contribution in [0.1, 0.15) is 271 Å². The molecule has 1 rings (SSSR count). The third kappa shape index (κ3) is 44.7. The third-order valence-corrected chi connectivity index (χ3v) is 15.0. The zero-order valence-corrected chi connectivity index (χ0v) is 51.6. The maximum atomic E-state index is 13.4. The molecule has 0 bridgehead atoms. The molecule has 466 valence electrons. The van der Waals surface area contributed by atoms with Gasteiger partial charge in [0.2, 0.25) is 5.91 Å². The predicted molar refractivity (Wildman–Crippen MR) is 338 cm³/mol. The summed E-state index contributed by atoms with van der Waals surface area (Å²) >= 11 is 0. The van der Waals surface area contributed by atoms with Gasteiger partial charge in [0.25, 0.3) is 0 Å². The first-order valence-electron chi connectivity index (χ1n) is 33.0. The van der Waals surface area contributed by atoms with Crippen LogP contribution in [0.5, 0.6) is 0 Å². The summed E-state index contributed by atoms with van der Waals surface area (Å²) in [6.45, 7) is 5.71. The summed E-state index contributed by atoms with van der Waals surface area (Å²) in [4.78, 5) is 26.6. The lowest BCUT2D eigenvalue weighted by atomic mass is 9.99. The Morgan fingerprint density at radius 2 is 0.852 bits per heavy atom. The molecule has 0 aromatic heterocycles. The Bertz CT molecular complexity index is 1690. The first-order chi connectivity index (χ1) is 39.7. The maximum absolute atomic E-state index is 13.4. The van der Waals surface area contributed by atoms with Gasteiger partial charge in [0, 0.05) is 6.42 Å². The van der Waals surface area contributed by atoms with Crippen LogP contribution in [0.3, 0.4) is 0 Å². The molecule has 1 aliphatic rings. The Hall–Kier alpha value is -3.42. The van der Waals surface area contributed by atoms with Crippen molar-refractivity contribution in [3.8, 4) is 0 Å². The van der Waals surface area contributed by atoms with Crippen LogP contribution in [0.15, 0.2) is 97.2 Å². The lowest BCUT2D eigenvalue weighted by Crippen LogP contribution is -2.61. The number of ether oxygens (including phenoxy) is 3. The van der Waals surface area contributed by atoms with Gasteiger partial charge in [0.05, 0.1) is 25.4 Å². The van der Waals surface area contributed by atoms with Gasteiger partial charge in [-0.25, -0.2) is 0 Å². The smallest absolute Gasteiger partial charge is 0.306 e. The number of aliphatic hydroxyl groups excluding tert-OH is 5. The average molecular weight is 1140 g/mol. The number of unbranched alkanes of at least 4 members (excludes halogenated alkanes) is 27. The molecule has 8 atom stereocenters. The van der Waals surface area contributed by atoms with Crippen LogP contribution in [-0.4, -0.2) is 99.6 Å². The number of carbonyl (C=O) groups excluding carboxylic acids is 2. The molecular formula is C70H121NO10. The highest BCUT2D eigenvalue weighted by Gasteiger charge is 2.47. The van der Waals surface area contributed by atoms with Crippen molar-refractivity contribution in [1.29, 1.82) is 0 Å². The van der Waals surface area contributed by atoms with Crippen molar-refractivity contribution in [1.82, 2.24) is 5.32 Å². The monoisotopic (exact) mass is 1140 g/mol. The Labute approximate surface area is 495 Å². The van der Waals surface area contributed by atoms with E-state index >= 15 is 0 Å². The Balaban J connectivity index is 2.63. The molecule has 0 aliphatic carbocycles. The van der Waals surface area contributed by atoms with E-state index in [-0.39, 0.29) is 19.4 Å². The van der Waals surface area contributed by atoms with Crippen LogP contribution >= 0.6 is 0 Å². The lowest BCUT2D eigenvalue weighted by molar-refractivity contribution is -0.305. The van der Waals surface area contributed by atoms with Gasteiger partial charge in [-0.05, 0) is 109 Å². The van der Waals surface area contributed by atoms with Crippen LogP contribution < -0.4 is 5.32 Å². The fourth-order valence-corrected chi connectivity index (χ4v) is 9.70. The van der Waals surface area contributed by atoms with E-state index in [9.17, 15) is 35.1 Å². The van der Waals surface area contributed by atoms with Gasteiger partial charge in [-0.2, -0.15) is 0 Å². The summed E-state index contributed by atoms with van der Waals surface area (Å²) in [5.41, 5.74) is 0. The normalized spacial score (nSPS) is 19.3. The number of amides is 1. The van der Waals surface area contributed by atoms with E-state index in [1.165, 1.54) is 109 Å². The second-order valence-corrected chi connectivity index (χ2v) is 22.5. The van der Waals surface area contributed by atoms with Crippen molar-refractivity contribution in [3.05, 3.63) is 97.2 Å². The van der Waals surface area contributed by atoms with Gasteiger partial charge < -0.3 is 45.1 Å². The van der Waals surface area contributed by atoms with E-state index in [2.05, 4.69) is 111 Å². The molecule has 0 radical (unpaired) electrons. The highest BCUT2D eigenvalue weighted by Crippen LogP contribution is 2.26. The van der Waals surface area contributed by atoms with Crippen LogP contribution in [0.2, 0.25) is 0 Å². The van der Waals surface area contributed by atoms with E-state index in [0.717, 1.165) is 116 Å². The van der Waals surface area contributed by atoms with Crippen molar-refractivity contribution in [2.24, 2.45) is 0 Å². The molecule has 1 amide bonds. The SMILES string of the molecule is CCCCC/C=C\C/C=C\C/C=C\C/C=C\CCCCCCCCCCC(O)C(=O)NC(COC1OC(CO)C(O)C(O)C1OC(=O)CCCCCC/C=C\C/C=C\C/C=C\CCCCC)C(O)/C=C/CCCCCCCCCCC. The highest BCUT2D eigenvalue weighted by molar-refractivity contribution is 5.80. The van der Waals surface area contributed by atoms with Crippen molar-refractivity contribution in [2.45, 2.75) is 320 Å². The number of carbonyl (C=O) groups is 2. The number of allylic oxidation sites excluding steroid dienone is 15. The minimum absolute atomic E-state index is 0.0933. The standard InChI is InChI=1S/C70H121NO10/c1-4-7-10-13-16-19-22-24-26-28-29-30-31-32-33-34-36-37-39-42-45-48-51-54-57-63(74)69(78)71-61(62(73)56-53-50-47-44-41-21-18-15-12-9-6-3)60-79-70-68(67(77)66(76)64(59-72)80-70)81-65(75)58-55-52-49-46-43-40-38-35-27-25-23-20-17-14-11-8-5-2/h16-17,19-20,24-27,29-30,32-33,38,40,53,56,61-64,66-68,70,72-74,76-77H,4-15,18,21-23,28,31,34-37,39,41-52,54-55,57-60H2,1-3H3,(H,71,78)/b19-16-,20-17-,26-24-,27-25-,30-29-,33-32-,40-38-,56-53+. The Kier molecular flexibility index (Phi) is 53.2. The molecule has 0 aromatic rings. The van der Waals surface area contributed by atoms with Crippen molar-refractivity contribution in [2.75, 3.05) is 13.2 Å². The molecule has 1 heterocycles. The summed E-state index contributed by atoms with van der Waals surface area (Å²) in [6.07, 6.45) is 65.8. The molecule has 1 aliphatic heterocycles. The van der Waals surface area contributed by atoms with Gasteiger partial charge in [-0.1, -0.05) is 253 Å². The van der Waals surface area contributed by atoms with Crippen LogP contribution in [0, 0.1) is 0 Å². The molecule has 11 heteroatoms. The number of esters is 1. The average Bonchev–Trinajstić information content (AvgIpc) is 3.50. The highest BCUT2D eigenvalue weighted by atomic mass is 16.7. The fraction of sp³-hybridized carbons (Fsp3) is 0.743.